The Kier molecular flexibility index (Phi) is 3.47. The van der Waals surface area contributed by atoms with Crippen LogP contribution in [0.25, 0.3) is 11.0 Å². The van der Waals surface area contributed by atoms with E-state index in [0.29, 0.717) is 25.3 Å². The average Bonchev–Trinajstić information content (AvgIpc) is 3.09. The molecule has 1 atom stereocenters. The van der Waals surface area contributed by atoms with E-state index in [1.807, 2.05) is 12.1 Å². The predicted octanol–water partition coefficient (Wildman–Crippen LogP) is 1.57. The summed E-state index contributed by atoms with van der Waals surface area (Å²) < 4.78 is 5.73. The molecule has 1 N–H and O–H groups in total. The van der Waals surface area contributed by atoms with Gasteiger partial charge >= 0.3 is 0 Å². The molecule has 0 spiro atoms. The van der Waals surface area contributed by atoms with Crippen LogP contribution in [0.2, 0.25) is 0 Å². The second-order valence-corrected chi connectivity index (χ2v) is 5.38. The maximum atomic E-state index is 12.7. The molecule has 1 saturated heterocycles. The fourth-order valence-corrected chi connectivity index (χ4v) is 2.74. The Hall–Kier alpha value is -2.80. The van der Waals surface area contributed by atoms with E-state index >= 15 is 0 Å². The summed E-state index contributed by atoms with van der Waals surface area (Å²) in [6, 6.07) is 5.48. The lowest BCUT2D eigenvalue weighted by Crippen LogP contribution is -2.42. The lowest BCUT2D eigenvalue weighted by atomic mass is 10.1. The Morgan fingerprint density at radius 1 is 1.30 bits per heavy atom. The minimum atomic E-state index is -0.239. The van der Waals surface area contributed by atoms with Crippen LogP contribution in [0, 0.1) is 0 Å². The van der Waals surface area contributed by atoms with Gasteiger partial charge in [-0.15, -0.1) is 0 Å². The molecule has 1 aromatic carbocycles. The van der Waals surface area contributed by atoms with Crippen LogP contribution in [0.1, 0.15) is 22.2 Å². The number of fused-ring (bicyclic) bond motifs is 1. The molecule has 1 amide bonds. The number of carbonyl (C=O) groups excluding carboxylic acids is 1. The molecule has 0 saturated carbocycles. The highest BCUT2D eigenvalue weighted by atomic mass is 16.5. The Morgan fingerprint density at radius 2 is 2.26 bits per heavy atom. The maximum absolute atomic E-state index is 12.7. The first-order chi connectivity index (χ1) is 11.3. The first kappa shape index (κ1) is 13.8. The third kappa shape index (κ3) is 2.66. The molecule has 3 aromatic rings. The van der Waals surface area contributed by atoms with Crippen LogP contribution < -0.4 is 0 Å². The van der Waals surface area contributed by atoms with Crippen molar-refractivity contribution in [3.05, 3.63) is 54.4 Å². The number of aromatic nitrogens is 4. The van der Waals surface area contributed by atoms with Crippen LogP contribution in [-0.4, -0.2) is 50.4 Å². The summed E-state index contributed by atoms with van der Waals surface area (Å²) in [4.78, 5) is 30.1. The number of carbonyl (C=O) groups is 1. The lowest BCUT2D eigenvalue weighted by Gasteiger charge is -2.32. The van der Waals surface area contributed by atoms with Gasteiger partial charge in [0, 0.05) is 24.5 Å². The molecule has 2 aromatic heterocycles. The third-order valence-corrected chi connectivity index (χ3v) is 3.93. The van der Waals surface area contributed by atoms with E-state index in [4.69, 9.17) is 4.74 Å². The number of nitrogens with zero attached hydrogens (tertiary/aromatic N) is 4. The van der Waals surface area contributed by atoms with E-state index in [2.05, 4.69) is 19.9 Å². The van der Waals surface area contributed by atoms with Gasteiger partial charge in [0.2, 0.25) is 0 Å². The minimum Gasteiger partial charge on any atom is -0.368 e. The molecular formula is C16H15N5O2. The van der Waals surface area contributed by atoms with E-state index in [-0.39, 0.29) is 12.0 Å². The number of H-pyrrole nitrogens is 1. The molecule has 1 aliphatic heterocycles. The molecule has 0 aliphatic carbocycles. The second-order valence-electron chi connectivity index (χ2n) is 5.38. The number of aromatic amines is 1. The lowest BCUT2D eigenvalue weighted by molar-refractivity contribution is -0.0248. The minimum absolute atomic E-state index is 0.0151. The number of amides is 1. The summed E-state index contributed by atoms with van der Waals surface area (Å²) in [7, 11) is 0. The maximum Gasteiger partial charge on any atom is 0.254 e. The Morgan fingerprint density at radius 3 is 3.13 bits per heavy atom. The van der Waals surface area contributed by atoms with Gasteiger partial charge in [0.25, 0.3) is 5.91 Å². The van der Waals surface area contributed by atoms with E-state index in [9.17, 15) is 4.79 Å². The summed E-state index contributed by atoms with van der Waals surface area (Å²) in [6.45, 7) is 1.52. The summed E-state index contributed by atoms with van der Waals surface area (Å²) in [5, 5.41) is 0. The van der Waals surface area contributed by atoms with Crippen molar-refractivity contribution >= 4 is 16.9 Å². The van der Waals surface area contributed by atoms with Gasteiger partial charge in [-0.1, -0.05) is 0 Å². The van der Waals surface area contributed by atoms with Crippen molar-refractivity contribution in [1.82, 2.24) is 24.8 Å². The number of ether oxygens (including phenoxy) is 1. The Labute approximate surface area is 132 Å². The van der Waals surface area contributed by atoms with Crippen LogP contribution in [0.15, 0.2) is 43.1 Å². The molecule has 3 heterocycles. The van der Waals surface area contributed by atoms with Crippen molar-refractivity contribution in [3.63, 3.8) is 0 Å². The van der Waals surface area contributed by atoms with E-state index in [1.165, 1.54) is 0 Å². The average molecular weight is 309 g/mol. The van der Waals surface area contributed by atoms with Gasteiger partial charge in [0.15, 0.2) is 0 Å². The van der Waals surface area contributed by atoms with Crippen molar-refractivity contribution in [3.8, 4) is 0 Å². The van der Waals surface area contributed by atoms with E-state index < -0.39 is 0 Å². The quantitative estimate of drug-likeness (QED) is 0.776. The predicted molar refractivity (Wildman–Crippen MR) is 82.7 cm³/mol. The zero-order valence-electron chi connectivity index (χ0n) is 12.3. The van der Waals surface area contributed by atoms with E-state index in [1.54, 1.807) is 35.9 Å². The zero-order chi connectivity index (χ0) is 15.6. The molecule has 0 bridgehead atoms. The van der Waals surface area contributed by atoms with Crippen LogP contribution in [0.4, 0.5) is 0 Å². The van der Waals surface area contributed by atoms with Gasteiger partial charge < -0.3 is 14.6 Å². The summed E-state index contributed by atoms with van der Waals surface area (Å²) in [5.74, 6) is -0.0151. The first-order valence-electron chi connectivity index (χ1n) is 7.41. The highest BCUT2D eigenvalue weighted by Gasteiger charge is 2.27. The van der Waals surface area contributed by atoms with Crippen molar-refractivity contribution in [2.75, 3.05) is 19.7 Å². The van der Waals surface area contributed by atoms with Gasteiger partial charge in [0.05, 0.1) is 42.4 Å². The molecule has 1 fully saturated rings. The molecular weight excluding hydrogens is 294 g/mol. The SMILES string of the molecule is O=C(c1ccc2nc[nH]c2c1)N1CCO[C@H](c2cnccn2)C1. The number of benzene rings is 1. The topological polar surface area (TPSA) is 84.0 Å². The molecule has 7 heteroatoms. The van der Waals surface area contributed by atoms with Gasteiger partial charge in [-0.05, 0) is 18.2 Å². The molecule has 7 nitrogen and oxygen atoms in total. The Bertz CT molecular complexity index is 833. The smallest absolute Gasteiger partial charge is 0.254 e. The van der Waals surface area contributed by atoms with Gasteiger partial charge in [-0.3, -0.25) is 14.8 Å². The Balaban J connectivity index is 1.55. The van der Waals surface area contributed by atoms with Gasteiger partial charge in [-0.2, -0.15) is 0 Å². The molecule has 0 unspecified atom stereocenters. The summed E-state index contributed by atoms with van der Waals surface area (Å²) >= 11 is 0. The molecule has 4 rings (SSSR count). The monoisotopic (exact) mass is 309 g/mol. The molecule has 23 heavy (non-hydrogen) atoms. The normalized spacial score (nSPS) is 18.3. The van der Waals surface area contributed by atoms with Gasteiger partial charge in [-0.25, -0.2) is 4.98 Å². The molecule has 0 radical (unpaired) electrons. The zero-order valence-corrected chi connectivity index (χ0v) is 12.3. The number of morpholine rings is 1. The number of rotatable bonds is 2. The first-order valence-corrected chi connectivity index (χ1v) is 7.41. The third-order valence-electron chi connectivity index (χ3n) is 3.93. The number of nitrogens with one attached hydrogen (secondary N) is 1. The highest BCUT2D eigenvalue weighted by Crippen LogP contribution is 2.22. The van der Waals surface area contributed by atoms with Crippen molar-refractivity contribution in [1.29, 1.82) is 0 Å². The van der Waals surface area contributed by atoms with Crippen molar-refractivity contribution < 1.29 is 9.53 Å². The van der Waals surface area contributed by atoms with Crippen LogP contribution in [0.5, 0.6) is 0 Å². The fourth-order valence-electron chi connectivity index (χ4n) is 2.74. The van der Waals surface area contributed by atoms with Crippen LogP contribution in [-0.2, 0) is 4.74 Å². The second kappa shape index (κ2) is 5.77. The van der Waals surface area contributed by atoms with Crippen molar-refractivity contribution in [2.24, 2.45) is 0 Å². The largest absolute Gasteiger partial charge is 0.368 e. The highest BCUT2D eigenvalue weighted by molar-refractivity contribution is 5.97. The summed E-state index contributed by atoms with van der Waals surface area (Å²) in [5.41, 5.74) is 3.09. The summed E-state index contributed by atoms with van der Waals surface area (Å²) in [6.07, 6.45) is 6.31. The fraction of sp³-hybridized carbons (Fsp3) is 0.250. The number of imidazole rings is 1. The molecule has 1 aliphatic rings. The van der Waals surface area contributed by atoms with Gasteiger partial charge in [0.1, 0.15) is 6.10 Å². The molecule has 116 valence electrons. The van der Waals surface area contributed by atoms with Crippen molar-refractivity contribution in [2.45, 2.75) is 6.10 Å². The number of hydrogen-bond donors (Lipinski definition) is 1. The standard InChI is InChI=1S/C16H15N5O2/c22-16(11-1-2-12-13(7-11)20-10-19-12)21-5-6-23-15(9-21)14-8-17-3-4-18-14/h1-4,7-8,10,15H,5-6,9H2,(H,19,20)/t15-/m0/s1. The van der Waals surface area contributed by atoms with Crippen LogP contribution in [0.3, 0.4) is 0 Å². The van der Waals surface area contributed by atoms with Crippen LogP contribution >= 0.6 is 0 Å². The number of hydrogen-bond acceptors (Lipinski definition) is 5. The van der Waals surface area contributed by atoms with E-state index in [0.717, 1.165) is 16.7 Å².